The molecule has 1 aromatic carbocycles. The monoisotopic (exact) mass is 271 g/mol. The molecule has 0 fully saturated rings. The fourth-order valence-corrected chi connectivity index (χ4v) is 1.86. The van der Waals surface area contributed by atoms with E-state index < -0.39 is 0 Å². The van der Waals surface area contributed by atoms with Gasteiger partial charge in [-0.1, -0.05) is 11.6 Å². The van der Waals surface area contributed by atoms with Crippen molar-refractivity contribution in [3.05, 3.63) is 54.1 Å². The van der Waals surface area contributed by atoms with Gasteiger partial charge in [0.15, 0.2) is 0 Å². The normalized spacial score (nSPS) is 10.6. The highest BCUT2D eigenvalue weighted by Gasteiger charge is 2.10. The Balaban J connectivity index is 2.04. The fraction of sp³-hybridized carbons (Fsp3) is 0. The predicted molar refractivity (Wildman–Crippen MR) is 74.0 cm³/mol. The van der Waals surface area contributed by atoms with E-state index in [1.165, 1.54) is 0 Å². The number of hydrogen-bond donors (Lipinski definition) is 1. The van der Waals surface area contributed by atoms with Gasteiger partial charge >= 0.3 is 0 Å². The first-order chi connectivity index (χ1) is 9.24. The van der Waals surface area contributed by atoms with Gasteiger partial charge in [0.1, 0.15) is 11.4 Å². The first kappa shape index (κ1) is 11.7. The molecule has 5 nitrogen and oxygen atoms in total. The highest BCUT2D eigenvalue weighted by molar-refractivity contribution is 6.30. The summed E-state index contributed by atoms with van der Waals surface area (Å²) in [6, 6.07) is 7.35. The van der Waals surface area contributed by atoms with Crippen LogP contribution in [-0.4, -0.2) is 19.7 Å². The van der Waals surface area contributed by atoms with Gasteiger partial charge in [0, 0.05) is 17.4 Å². The lowest BCUT2D eigenvalue weighted by atomic mass is 10.3. The molecule has 94 valence electrons. The number of nitrogens with two attached hydrogens (primary N) is 1. The summed E-state index contributed by atoms with van der Waals surface area (Å²) in [5, 5.41) is 5.10. The topological polar surface area (TPSA) is 69.6 Å². The molecule has 0 spiro atoms. The number of nitrogens with zero attached hydrogens (tertiary/aromatic N) is 4. The number of anilines is 1. The van der Waals surface area contributed by atoms with Crippen LogP contribution in [0.2, 0.25) is 5.02 Å². The van der Waals surface area contributed by atoms with Gasteiger partial charge in [0.05, 0.1) is 23.8 Å². The highest BCUT2D eigenvalue weighted by Crippen LogP contribution is 2.23. The zero-order valence-corrected chi connectivity index (χ0v) is 10.6. The van der Waals surface area contributed by atoms with Gasteiger partial charge in [0.2, 0.25) is 0 Å². The van der Waals surface area contributed by atoms with Crippen LogP contribution < -0.4 is 5.73 Å². The maximum atomic E-state index is 5.96. The Hall–Kier alpha value is -2.40. The summed E-state index contributed by atoms with van der Waals surface area (Å²) < 4.78 is 1.69. The lowest BCUT2D eigenvalue weighted by molar-refractivity contribution is 0.882. The second-order valence-corrected chi connectivity index (χ2v) is 4.38. The average molecular weight is 272 g/mol. The van der Waals surface area contributed by atoms with Gasteiger partial charge in [-0.05, 0) is 24.3 Å². The standard InChI is InChI=1S/C13H10ClN5/c14-9-1-3-10(4-2-9)19-8-11(15)13(18-19)12-7-16-5-6-17-12/h1-8H,15H2. The van der Waals surface area contributed by atoms with Crippen LogP contribution >= 0.6 is 11.6 Å². The van der Waals surface area contributed by atoms with Crippen LogP contribution in [-0.2, 0) is 0 Å². The van der Waals surface area contributed by atoms with Crippen molar-refractivity contribution in [1.29, 1.82) is 0 Å². The molecule has 6 heteroatoms. The van der Waals surface area contributed by atoms with Crippen LogP contribution in [0, 0.1) is 0 Å². The maximum Gasteiger partial charge on any atom is 0.136 e. The van der Waals surface area contributed by atoms with Gasteiger partial charge in [-0.3, -0.25) is 9.97 Å². The molecule has 2 N–H and O–H groups in total. The van der Waals surface area contributed by atoms with Crippen molar-refractivity contribution in [2.45, 2.75) is 0 Å². The third-order valence-corrected chi connectivity index (χ3v) is 2.89. The SMILES string of the molecule is Nc1cn(-c2ccc(Cl)cc2)nc1-c1cnccn1. The van der Waals surface area contributed by atoms with Gasteiger partial charge in [-0.25, -0.2) is 4.68 Å². The van der Waals surface area contributed by atoms with Gasteiger partial charge in [-0.2, -0.15) is 5.10 Å². The number of aromatic nitrogens is 4. The van der Waals surface area contributed by atoms with E-state index >= 15 is 0 Å². The highest BCUT2D eigenvalue weighted by atomic mass is 35.5. The van der Waals surface area contributed by atoms with E-state index in [9.17, 15) is 0 Å². The summed E-state index contributed by atoms with van der Waals surface area (Å²) in [6.45, 7) is 0. The molecule has 2 aromatic heterocycles. The number of hydrogen-bond acceptors (Lipinski definition) is 4. The molecule has 0 unspecified atom stereocenters. The number of nitrogen functional groups attached to an aromatic ring is 1. The first-order valence-electron chi connectivity index (χ1n) is 5.61. The van der Waals surface area contributed by atoms with E-state index in [-0.39, 0.29) is 0 Å². The maximum absolute atomic E-state index is 5.96. The summed E-state index contributed by atoms with van der Waals surface area (Å²) in [4.78, 5) is 8.20. The quantitative estimate of drug-likeness (QED) is 0.778. The van der Waals surface area contributed by atoms with Crippen LogP contribution in [0.3, 0.4) is 0 Å². The van der Waals surface area contributed by atoms with E-state index in [4.69, 9.17) is 17.3 Å². The molecule has 3 aromatic rings. The Morgan fingerprint density at radius 3 is 2.58 bits per heavy atom. The summed E-state index contributed by atoms with van der Waals surface area (Å²) in [6.07, 6.45) is 6.59. The smallest absolute Gasteiger partial charge is 0.136 e. The van der Waals surface area contributed by atoms with Gasteiger partial charge in [0.25, 0.3) is 0 Å². The van der Waals surface area contributed by atoms with Crippen molar-refractivity contribution in [2.24, 2.45) is 0 Å². The lowest BCUT2D eigenvalue weighted by Crippen LogP contribution is -1.95. The second-order valence-electron chi connectivity index (χ2n) is 3.94. The molecule has 0 saturated carbocycles. The van der Waals surface area contributed by atoms with Crippen LogP contribution in [0.25, 0.3) is 17.1 Å². The largest absolute Gasteiger partial charge is 0.396 e. The molecule has 0 aliphatic carbocycles. The van der Waals surface area contributed by atoms with Crippen LogP contribution in [0.5, 0.6) is 0 Å². The summed E-state index contributed by atoms with van der Waals surface area (Å²) >= 11 is 5.86. The molecule has 3 rings (SSSR count). The Kier molecular flexibility index (Phi) is 2.89. The molecular weight excluding hydrogens is 262 g/mol. The minimum absolute atomic E-state index is 0.551. The zero-order valence-electron chi connectivity index (χ0n) is 9.86. The van der Waals surface area contributed by atoms with Crippen LogP contribution in [0.15, 0.2) is 49.1 Å². The molecule has 0 atom stereocenters. The summed E-state index contributed by atoms with van der Waals surface area (Å²) in [7, 11) is 0. The Morgan fingerprint density at radius 1 is 1.11 bits per heavy atom. The van der Waals surface area contributed by atoms with E-state index in [1.807, 2.05) is 12.1 Å². The van der Waals surface area contributed by atoms with Crippen molar-refractivity contribution in [3.63, 3.8) is 0 Å². The lowest BCUT2D eigenvalue weighted by Gasteiger charge is -2.00. The van der Waals surface area contributed by atoms with Gasteiger partial charge in [-0.15, -0.1) is 0 Å². The molecular formula is C13H10ClN5. The second kappa shape index (κ2) is 4.70. The summed E-state index contributed by atoms with van der Waals surface area (Å²) in [5.74, 6) is 0. The minimum Gasteiger partial charge on any atom is -0.396 e. The molecule has 2 heterocycles. The van der Waals surface area contributed by atoms with Crippen molar-refractivity contribution < 1.29 is 0 Å². The Labute approximate surface area is 114 Å². The predicted octanol–water partition coefficient (Wildman–Crippen LogP) is 2.56. The Bertz CT molecular complexity index is 691. The molecule has 19 heavy (non-hydrogen) atoms. The number of halogens is 1. The third-order valence-electron chi connectivity index (χ3n) is 2.64. The molecule has 0 radical (unpaired) electrons. The molecule has 0 aliphatic heterocycles. The van der Waals surface area contributed by atoms with Crippen LogP contribution in [0.1, 0.15) is 0 Å². The number of benzene rings is 1. The van der Waals surface area contributed by atoms with Crippen molar-refractivity contribution in [3.8, 4) is 17.1 Å². The van der Waals surface area contributed by atoms with E-state index in [0.29, 0.717) is 22.1 Å². The zero-order chi connectivity index (χ0) is 13.2. The Morgan fingerprint density at radius 2 is 1.89 bits per heavy atom. The van der Waals surface area contributed by atoms with E-state index in [0.717, 1.165) is 5.69 Å². The number of rotatable bonds is 2. The van der Waals surface area contributed by atoms with Crippen molar-refractivity contribution in [1.82, 2.24) is 19.7 Å². The molecule has 0 aliphatic rings. The molecule has 0 bridgehead atoms. The van der Waals surface area contributed by atoms with E-state index in [1.54, 1.807) is 41.6 Å². The minimum atomic E-state index is 0.551. The van der Waals surface area contributed by atoms with Gasteiger partial charge < -0.3 is 5.73 Å². The molecule has 0 amide bonds. The average Bonchev–Trinajstić information content (AvgIpc) is 2.83. The van der Waals surface area contributed by atoms with Crippen molar-refractivity contribution >= 4 is 17.3 Å². The fourth-order valence-electron chi connectivity index (χ4n) is 1.73. The van der Waals surface area contributed by atoms with E-state index in [2.05, 4.69) is 15.1 Å². The molecule has 0 saturated heterocycles. The van der Waals surface area contributed by atoms with Crippen molar-refractivity contribution in [2.75, 3.05) is 5.73 Å². The third kappa shape index (κ3) is 2.28. The first-order valence-corrected chi connectivity index (χ1v) is 5.99. The van der Waals surface area contributed by atoms with Crippen LogP contribution in [0.4, 0.5) is 5.69 Å². The summed E-state index contributed by atoms with van der Waals surface area (Å²) in [5.41, 5.74) is 8.66.